The maximum atomic E-state index is 12.5. The lowest BCUT2D eigenvalue weighted by Gasteiger charge is -2.16. The van der Waals surface area contributed by atoms with Crippen molar-refractivity contribution in [1.29, 1.82) is 0 Å². The fourth-order valence-corrected chi connectivity index (χ4v) is 2.91. The first-order valence-corrected chi connectivity index (χ1v) is 7.92. The average molecular weight is 324 g/mol. The van der Waals surface area contributed by atoms with Crippen molar-refractivity contribution < 1.29 is 24.2 Å². The third-order valence-corrected chi connectivity index (χ3v) is 4.50. The number of ketones is 1. The Morgan fingerprint density at radius 3 is 2.32 bits per heavy atom. The van der Waals surface area contributed by atoms with E-state index in [1.54, 1.807) is 19.1 Å². The number of ether oxygens (including phenoxy) is 1. The van der Waals surface area contributed by atoms with E-state index in [4.69, 9.17) is 5.11 Å². The van der Waals surface area contributed by atoms with Crippen LogP contribution in [0.1, 0.15) is 29.3 Å². The first-order chi connectivity index (χ1) is 10.3. The third-order valence-electron chi connectivity index (χ3n) is 3.21. The quantitative estimate of drug-likeness (QED) is 0.585. The van der Waals surface area contributed by atoms with Crippen molar-refractivity contribution in [3.63, 3.8) is 0 Å². The Kier molecular flexibility index (Phi) is 7.11. The Morgan fingerprint density at radius 1 is 1.23 bits per heavy atom. The van der Waals surface area contributed by atoms with E-state index in [1.165, 1.54) is 18.9 Å². The van der Waals surface area contributed by atoms with E-state index in [0.29, 0.717) is 5.56 Å². The highest BCUT2D eigenvalue weighted by atomic mass is 32.2. The van der Waals surface area contributed by atoms with Gasteiger partial charge in [-0.1, -0.05) is 29.8 Å². The number of esters is 1. The van der Waals surface area contributed by atoms with E-state index < -0.39 is 17.1 Å². The standard InChI is InChI=1S/C16H20O5S/c1-10-4-6-12(7-5-10)15(19)13(8-14(17)18)9-22-11(2)16(20)21-3/h4-7,11,13H,8-9H2,1-3H3,(H,17,18). The number of carboxylic acid groups (broad SMARTS) is 1. The normalized spacial score (nSPS) is 13.2. The van der Waals surface area contributed by atoms with Crippen molar-refractivity contribution in [1.82, 2.24) is 0 Å². The van der Waals surface area contributed by atoms with Crippen molar-refractivity contribution in [2.75, 3.05) is 12.9 Å². The number of methoxy groups -OCH3 is 1. The fourth-order valence-electron chi connectivity index (χ4n) is 1.89. The fraction of sp³-hybridized carbons (Fsp3) is 0.438. The van der Waals surface area contributed by atoms with E-state index in [0.717, 1.165) is 5.56 Å². The summed E-state index contributed by atoms with van der Waals surface area (Å²) in [4.78, 5) is 34.8. The van der Waals surface area contributed by atoms with Gasteiger partial charge in [0.2, 0.25) is 0 Å². The molecule has 1 aromatic carbocycles. The van der Waals surface area contributed by atoms with Gasteiger partial charge in [0.1, 0.15) is 0 Å². The van der Waals surface area contributed by atoms with Gasteiger partial charge in [-0.15, -0.1) is 11.8 Å². The van der Waals surface area contributed by atoms with Crippen LogP contribution in [0.5, 0.6) is 0 Å². The maximum Gasteiger partial charge on any atom is 0.318 e. The summed E-state index contributed by atoms with van der Waals surface area (Å²) in [6.07, 6.45) is -0.256. The van der Waals surface area contributed by atoms with Gasteiger partial charge in [0.15, 0.2) is 5.78 Å². The molecule has 1 aromatic rings. The number of carbonyl (C=O) groups is 3. The Labute approximate surface area is 134 Å². The van der Waals surface area contributed by atoms with Gasteiger partial charge < -0.3 is 9.84 Å². The molecular formula is C16H20O5S. The molecule has 1 N–H and O–H groups in total. The number of aliphatic carboxylic acids is 1. The van der Waals surface area contributed by atoms with Gasteiger partial charge in [-0.25, -0.2) is 0 Å². The molecule has 2 atom stereocenters. The predicted octanol–water partition coefficient (Wildman–Crippen LogP) is 2.56. The van der Waals surface area contributed by atoms with Gasteiger partial charge in [-0.2, -0.15) is 0 Å². The van der Waals surface area contributed by atoms with E-state index in [2.05, 4.69) is 4.74 Å². The number of carbonyl (C=O) groups excluding carboxylic acids is 2. The van der Waals surface area contributed by atoms with Crippen LogP contribution in [0.25, 0.3) is 0 Å². The number of aryl methyl sites for hydroxylation is 1. The Balaban J connectivity index is 2.79. The van der Waals surface area contributed by atoms with Crippen LogP contribution in [-0.4, -0.2) is 40.9 Å². The van der Waals surface area contributed by atoms with Gasteiger partial charge in [0.05, 0.1) is 18.8 Å². The summed E-state index contributed by atoms with van der Waals surface area (Å²) in [5.41, 5.74) is 1.52. The van der Waals surface area contributed by atoms with Crippen LogP contribution in [0.3, 0.4) is 0 Å². The molecule has 0 fully saturated rings. The van der Waals surface area contributed by atoms with Crippen LogP contribution in [0.2, 0.25) is 0 Å². The van der Waals surface area contributed by atoms with E-state index in [-0.39, 0.29) is 23.9 Å². The van der Waals surface area contributed by atoms with Gasteiger partial charge in [0.25, 0.3) is 0 Å². The largest absolute Gasteiger partial charge is 0.481 e. The Bertz CT molecular complexity index is 538. The van der Waals surface area contributed by atoms with Crippen molar-refractivity contribution in [3.05, 3.63) is 35.4 Å². The van der Waals surface area contributed by atoms with Crippen LogP contribution < -0.4 is 0 Å². The second kappa shape index (κ2) is 8.58. The lowest BCUT2D eigenvalue weighted by Crippen LogP contribution is -2.24. The van der Waals surface area contributed by atoms with Crippen molar-refractivity contribution >= 4 is 29.5 Å². The summed E-state index contributed by atoms with van der Waals surface area (Å²) < 4.78 is 4.62. The molecule has 0 spiro atoms. The lowest BCUT2D eigenvalue weighted by atomic mass is 9.96. The molecule has 0 aromatic heterocycles. The van der Waals surface area contributed by atoms with E-state index >= 15 is 0 Å². The van der Waals surface area contributed by atoms with Crippen LogP contribution in [-0.2, 0) is 14.3 Å². The zero-order valence-corrected chi connectivity index (χ0v) is 13.7. The number of benzene rings is 1. The molecule has 120 valence electrons. The number of carboxylic acids is 1. The molecule has 0 radical (unpaired) electrons. The Hall–Kier alpha value is -1.82. The molecule has 0 bridgehead atoms. The molecule has 0 amide bonds. The monoisotopic (exact) mass is 324 g/mol. The zero-order valence-electron chi connectivity index (χ0n) is 12.9. The molecule has 0 aliphatic heterocycles. The second-order valence-corrected chi connectivity index (χ2v) is 6.40. The number of thioether (sulfide) groups is 1. The summed E-state index contributed by atoms with van der Waals surface area (Å²) >= 11 is 1.23. The average Bonchev–Trinajstić information content (AvgIpc) is 2.49. The maximum absolute atomic E-state index is 12.5. The molecule has 22 heavy (non-hydrogen) atoms. The Morgan fingerprint density at radius 2 is 1.82 bits per heavy atom. The van der Waals surface area contributed by atoms with Crippen molar-refractivity contribution in [3.8, 4) is 0 Å². The SMILES string of the molecule is COC(=O)C(C)SCC(CC(=O)O)C(=O)c1ccc(C)cc1. The van der Waals surface area contributed by atoms with E-state index in [1.807, 2.05) is 19.1 Å². The second-order valence-electron chi connectivity index (χ2n) is 5.02. The number of rotatable bonds is 8. The number of hydrogen-bond acceptors (Lipinski definition) is 5. The highest BCUT2D eigenvalue weighted by Gasteiger charge is 2.25. The third kappa shape index (κ3) is 5.52. The minimum atomic E-state index is -1.03. The topological polar surface area (TPSA) is 80.7 Å². The minimum Gasteiger partial charge on any atom is -0.481 e. The first kappa shape index (κ1) is 18.2. The summed E-state index contributed by atoms with van der Waals surface area (Å²) in [6, 6.07) is 7.02. The molecule has 5 nitrogen and oxygen atoms in total. The molecule has 6 heteroatoms. The van der Waals surface area contributed by atoms with Crippen LogP contribution in [0.4, 0.5) is 0 Å². The summed E-state index contributed by atoms with van der Waals surface area (Å²) in [5.74, 6) is -2.04. The van der Waals surface area contributed by atoms with Crippen LogP contribution >= 0.6 is 11.8 Å². The molecular weight excluding hydrogens is 304 g/mol. The molecule has 1 rings (SSSR count). The minimum absolute atomic E-state index is 0.216. The van der Waals surface area contributed by atoms with E-state index in [9.17, 15) is 14.4 Å². The van der Waals surface area contributed by atoms with Gasteiger partial charge in [-0.3, -0.25) is 14.4 Å². The summed E-state index contributed by atoms with van der Waals surface area (Å²) in [6.45, 7) is 3.58. The molecule has 2 unspecified atom stereocenters. The molecule has 0 aliphatic rings. The predicted molar refractivity (Wildman–Crippen MR) is 85.2 cm³/mol. The number of Topliss-reactive ketones (excluding diaryl/α,β-unsaturated/α-hetero) is 1. The summed E-state index contributed by atoms with van der Waals surface area (Å²) in [7, 11) is 1.30. The summed E-state index contributed by atoms with van der Waals surface area (Å²) in [5, 5.41) is 8.55. The number of hydrogen-bond donors (Lipinski definition) is 1. The molecule has 0 saturated heterocycles. The van der Waals surface area contributed by atoms with Gasteiger partial charge in [-0.05, 0) is 13.8 Å². The molecule has 0 saturated carbocycles. The van der Waals surface area contributed by atoms with Crippen molar-refractivity contribution in [2.24, 2.45) is 5.92 Å². The van der Waals surface area contributed by atoms with Crippen molar-refractivity contribution in [2.45, 2.75) is 25.5 Å². The van der Waals surface area contributed by atoms with Crippen LogP contribution in [0, 0.1) is 12.8 Å². The first-order valence-electron chi connectivity index (χ1n) is 6.87. The van der Waals surface area contributed by atoms with Gasteiger partial charge in [0, 0.05) is 17.2 Å². The van der Waals surface area contributed by atoms with Crippen LogP contribution in [0.15, 0.2) is 24.3 Å². The molecule has 0 aliphatic carbocycles. The zero-order chi connectivity index (χ0) is 16.7. The molecule has 0 heterocycles. The smallest absolute Gasteiger partial charge is 0.318 e. The highest BCUT2D eigenvalue weighted by molar-refractivity contribution is 8.00. The lowest BCUT2D eigenvalue weighted by molar-refractivity contribution is -0.139. The van der Waals surface area contributed by atoms with Gasteiger partial charge >= 0.3 is 11.9 Å². The highest BCUT2D eigenvalue weighted by Crippen LogP contribution is 2.22.